The van der Waals surface area contributed by atoms with Crippen molar-refractivity contribution < 1.29 is 18.7 Å². The summed E-state index contributed by atoms with van der Waals surface area (Å²) in [6, 6.07) is 10.9. The second-order valence-corrected chi connectivity index (χ2v) is 8.14. The van der Waals surface area contributed by atoms with Crippen LogP contribution in [0, 0.1) is 0 Å². The third-order valence-electron chi connectivity index (χ3n) is 4.69. The maximum atomic E-state index is 12.7. The van der Waals surface area contributed by atoms with Gasteiger partial charge in [0.2, 0.25) is 5.89 Å². The lowest BCUT2D eigenvalue weighted by molar-refractivity contribution is -0.135. The van der Waals surface area contributed by atoms with Crippen molar-refractivity contribution in [2.24, 2.45) is 0 Å². The number of carbonyl (C=O) groups excluding carboxylic acids is 2. The van der Waals surface area contributed by atoms with Crippen molar-refractivity contribution >= 4 is 28.9 Å². The third-order valence-corrected chi connectivity index (χ3v) is 5.55. The first-order valence-corrected chi connectivity index (χ1v) is 11.6. The monoisotopic (exact) mass is 456 g/mol. The van der Waals surface area contributed by atoms with Gasteiger partial charge >= 0.3 is 5.97 Å². The Hall–Kier alpha value is -3.20. The molecule has 1 amide bonds. The van der Waals surface area contributed by atoms with E-state index >= 15 is 0 Å². The fourth-order valence-electron chi connectivity index (χ4n) is 3.05. The van der Waals surface area contributed by atoms with Gasteiger partial charge in [-0.1, -0.05) is 38.5 Å². The first-order valence-electron chi connectivity index (χ1n) is 10.8. The molecule has 0 aliphatic heterocycles. The summed E-state index contributed by atoms with van der Waals surface area (Å²) in [4.78, 5) is 27.8. The Labute approximate surface area is 191 Å². The van der Waals surface area contributed by atoms with Crippen molar-refractivity contribution in [1.82, 2.24) is 15.1 Å². The molecule has 32 heavy (non-hydrogen) atoms. The van der Waals surface area contributed by atoms with E-state index in [2.05, 4.69) is 22.4 Å². The Morgan fingerprint density at radius 2 is 1.97 bits per heavy atom. The Kier molecular flexibility index (Phi) is 8.79. The van der Waals surface area contributed by atoms with Gasteiger partial charge in [0.05, 0.1) is 17.0 Å². The van der Waals surface area contributed by atoms with Crippen molar-refractivity contribution in [2.45, 2.75) is 39.7 Å². The van der Waals surface area contributed by atoms with Gasteiger partial charge in [0.1, 0.15) is 0 Å². The van der Waals surface area contributed by atoms with E-state index in [1.807, 2.05) is 36.6 Å². The maximum absolute atomic E-state index is 12.7. The lowest BCUT2D eigenvalue weighted by Crippen LogP contribution is -2.35. The highest BCUT2D eigenvalue weighted by molar-refractivity contribution is 7.13. The molecule has 1 aromatic carbocycles. The number of rotatable bonds is 12. The number of aromatic nitrogens is 2. The summed E-state index contributed by atoms with van der Waals surface area (Å²) in [6.45, 7) is 5.14. The first-order chi connectivity index (χ1) is 15.6. The standard InChI is InChI=1S/C23H28N4O4S/c1-3-5-12-24-18-10-7-6-9-17(18)23(29)30-16-21(28)27(13-4-2)15-20-25-26-22(31-20)19-11-8-14-32-19/h6-11,14,24H,3-5,12-13,15-16H2,1-2H3. The molecule has 0 radical (unpaired) electrons. The van der Waals surface area contributed by atoms with Gasteiger partial charge in [-0.15, -0.1) is 21.5 Å². The number of amides is 1. The summed E-state index contributed by atoms with van der Waals surface area (Å²) >= 11 is 1.50. The Morgan fingerprint density at radius 3 is 2.72 bits per heavy atom. The van der Waals surface area contributed by atoms with Crippen LogP contribution in [0.2, 0.25) is 0 Å². The minimum absolute atomic E-state index is 0.164. The highest BCUT2D eigenvalue weighted by atomic mass is 32.1. The van der Waals surface area contributed by atoms with Gasteiger partial charge in [0.15, 0.2) is 6.61 Å². The number of carbonyl (C=O) groups is 2. The zero-order valence-electron chi connectivity index (χ0n) is 18.4. The molecule has 0 spiro atoms. The highest BCUT2D eigenvalue weighted by Gasteiger charge is 2.20. The predicted octanol–water partition coefficient (Wildman–Crippen LogP) is 4.61. The summed E-state index contributed by atoms with van der Waals surface area (Å²) in [7, 11) is 0. The van der Waals surface area contributed by atoms with E-state index in [0.29, 0.717) is 29.6 Å². The topological polar surface area (TPSA) is 97.6 Å². The molecule has 2 aromatic heterocycles. The third kappa shape index (κ3) is 6.40. The molecular weight excluding hydrogens is 428 g/mol. The Balaban J connectivity index is 1.59. The number of hydrogen-bond acceptors (Lipinski definition) is 8. The molecule has 0 saturated carbocycles. The number of unbranched alkanes of at least 4 members (excludes halogenated alkanes) is 1. The second-order valence-electron chi connectivity index (χ2n) is 7.20. The SMILES string of the molecule is CCCCNc1ccccc1C(=O)OCC(=O)N(CCC)Cc1nnc(-c2cccs2)o1. The number of para-hydroxylation sites is 1. The molecule has 9 heteroatoms. The fraction of sp³-hybridized carbons (Fsp3) is 0.391. The smallest absolute Gasteiger partial charge is 0.340 e. The van der Waals surface area contributed by atoms with Gasteiger partial charge in [0, 0.05) is 18.8 Å². The van der Waals surface area contributed by atoms with Gasteiger partial charge < -0.3 is 19.4 Å². The molecule has 1 N–H and O–H groups in total. The number of esters is 1. The van der Waals surface area contributed by atoms with E-state index in [-0.39, 0.29) is 19.1 Å². The molecule has 0 aliphatic rings. The molecule has 0 fully saturated rings. The van der Waals surface area contributed by atoms with Crippen LogP contribution in [0.25, 0.3) is 10.8 Å². The van der Waals surface area contributed by atoms with Crippen LogP contribution >= 0.6 is 11.3 Å². The van der Waals surface area contributed by atoms with Gasteiger partial charge in [-0.3, -0.25) is 4.79 Å². The number of ether oxygens (including phenoxy) is 1. The molecule has 0 bridgehead atoms. The molecule has 170 valence electrons. The largest absolute Gasteiger partial charge is 0.452 e. The van der Waals surface area contributed by atoms with Crippen LogP contribution < -0.4 is 5.32 Å². The van der Waals surface area contributed by atoms with Gasteiger partial charge in [-0.2, -0.15) is 0 Å². The van der Waals surface area contributed by atoms with Crippen molar-refractivity contribution in [3.05, 3.63) is 53.2 Å². The van der Waals surface area contributed by atoms with Crippen molar-refractivity contribution in [1.29, 1.82) is 0 Å². The summed E-state index contributed by atoms with van der Waals surface area (Å²) < 4.78 is 11.0. The lowest BCUT2D eigenvalue weighted by atomic mass is 10.1. The van der Waals surface area contributed by atoms with Crippen molar-refractivity contribution in [2.75, 3.05) is 25.0 Å². The minimum Gasteiger partial charge on any atom is -0.452 e. The minimum atomic E-state index is -0.535. The van der Waals surface area contributed by atoms with E-state index in [1.165, 1.54) is 11.3 Å². The van der Waals surface area contributed by atoms with E-state index in [1.54, 1.807) is 17.0 Å². The zero-order valence-corrected chi connectivity index (χ0v) is 19.2. The van der Waals surface area contributed by atoms with Crippen LogP contribution in [0.4, 0.5) is 5.69 Å². The average molecular weight is 457 g/mol. The van der Waals surface area contributed by atoms with Gasteiger partial charge in [-0.25, -0.2) is 4.79 Å². The van der Waals surface area contributed by atoms with Crippen LogP contribution in [-0.2, 0) is 16.1 Å². The average Bonchev–Trinajstić information content (AvgIpc) is 3.49. The number of nitrogens with zero attached hydrogens (tertiary/aromatic N) is 3. The van der Waals surface area contributed by atoms with Crippen molar-refractivity contribution in [3.63, 3.8) is 0 Å². The first kappa shape index (κ1) is 23.5. The van der Waals surface area contributed by atoms with Crippen molar-refractivity contribution in [3.8, 4) is 10.8 Å². The highest BCUT2D eigenvalue weighted by Crippen LogP contribution is 2.23. The summed E-state index contributed by atoms with van der Waals surface area (Å²) in [5.74, 6) is -0.0795. The van der Waals surface area contributed by atoms with E-state index in [9.17, 15) is 9.59 Å². The van der Waals surface area contributed by atoms with Gasteiger partial charge in [-0.05, 0) is 36.4 Å². The Morgan fingerprint density at radius 1 is 1.12 bits per heavy atom. The molecule has 0 aliphatic carbocycles. The second kappa shape index (κ2) is 12.0. The zero-order chi connectivity index (χ0) is 22.8. The molecule has 0 unspecified atom stereocenters. The molecule has 0 saturated heterocycles. The number of thiophene rings is 1. The van der Waals surface area contributed by atoms with Crippen LogP contribution in [0.3, 0.4) is 0 Å². The van der Waals surface area contributed by atoms with E-state index in [0.717, 1.165) is 30.7 Å². The molecule has 2 heterocycles. The van der Waals surface area contributed by atoms with Crippen LogP contribution in [0.1, 0.15) is 49.4 Å². The predicted molar refractivity (Wildman–Crippen MR) is 123 cm³/mol. The van der Waals surface area contributed by atoms with Crippen LogP contribution in [0.15, 0.2) is 46.2 Å². The number of hydrogen-bond donors (Lipinski definition) is 1. The number of benzene rings is 1. The lowest BCUT2D eigenvalue weighted by Gasteiger charge is -2.20. The fourth-order valence-corrected chi connectivity index (χ4v) is 3.70. The van der Waals surface area contributed by atoms with Crippen LogP contribution in [-0.4, -0.2) is 46.7 Å². The summed E-state index contributed by atoms with van der Waals surface area (Å²) in [6.07, 6.45) is 2.80. The summed E-state index contributed by atoms with van der Waals surface area (Å²) in [5, 5.41) is 13.3. The maximum Gasteiger partial charge on any atom is 0.340 e. The summed E-state index contributed by atoms with van der Waals surface area (Å²) in [5.41, 5.74) is 1.12. The quantitative estimate of drug-likeness (QED) is 0.314. The molecule has 3 rings (SSSR count). The van der Waals surface area contributed by atoms with Crippen LogP contribution in [0.5, 0.6) is 0 Å². The van der Waals surface area contributed by atoms with Gasteiger partial charge in [0.25, 0.3) is 11.8 Å². The molecular formula is C23H28N4O4S. The normalized spacial score (nSPS) is 10.7. The Bertz CT molecular complexity index is 1000. The van der Waals surface area contributed by atoms with E-state index < -0.39 is 5.97 Å². The molecule has 0 atom stereocenters. The number of anilines is 1. The molecule has 8 nitrogen and oxygen atoms in total. The van der Waals surface area contributed by atoms with E-state index in [4.69, 9.17) is 9.15 Å². The number of nitrogens with one attached hydrogen (secondary N) is 1. The molecule has 3 aromatic rings.